The zero-order valence-electron chi connectivity index (χ0n) is 15.8. The van der Waals surface area contributed by atoms with E-state index in [1.54, 1.807) is 0 Å². The van der Waals surface area contributed by atoms with Crippen molar-refractivity contribution in [1.29, 1.82) is 0 Å². The van der Waals surface area contributed by atoms with Gasteiger partial charge in [-0.3, -0.25) is 4.79 Å². The molecule has 1 heterocycles. The molecule has 3 rings (SSSR count). The van der Waals surface area contributed by atoms with Crippen LogP contribution in [0.25, 0.3) is 0 Å². The van der Waals surface area contributed by atoms with E-state index >= 15 is 0 Å². The first-order valence-electron chi connectivity index (χ1n) is 9.14. The van der Waals surface area contributed by atoms with Crippen LogP contribution in [0.15, 0.2) is 23.2 Å². The first-order valence-corrected chi connectivity index (χ1v) is 9.14. The summed E-state index contributed by atoms with van der Waals surface area (Å²) < 4.78 is 12.4. The van der Waals surface area contributed by atoms with Crippen molar-refractivity contribution in [1.82, 2.24) is 5.32 Å². The van der Waals surface area contributed by atoms with Crippen molar-refractivity contribution < 1.29 is 14.1 Å². The van der Waals surface area contributed by atoms with Crippen LogP contribution in [0.3, 0.4) is 0 Å². The third-order valence-electron chi connectivity index (χ3n) is 5.97. The summed E-state index contributed by atoms with van der Waals surface area (Å²) in [5.74, 6) is 0.848. The van der Waals surface area contributed by atoms with Gasteiger partial charge in [0.15, 0.2) is 0 Å². The lowest BCUT2D eigenvalue weighted by molar-refractivity contribution is -0.124. The van der Waals surface area contributed by atoms with Gasteiger partial charge in [0.05, 0.1) is 17.1 Å². The molecule has 3 aliphatic rings. The molecule has 5 heteroatoms. The van der Waals surface area contributed by atoms with Gasteiger partial charge < -0.3 is 14.6 Å². The second-order valence-corrected chi connectivity index (χ2v) is 8.63. The first kappa shape index (κ1) is 17.7. The van der Waals surface area contributed by atoms with Gasteiger partial charge in [0.1, 0.15) is 0 Å². The Morgan fingerprint density at radius 2 is 1.79 bits per heavy atom. The molecule has 1 N–H and O–H groups in total. The van der Waals surface area contributed by atoms with Gasteiger partial charge in [-0.2, -0.15) is 0 Å². The van der Waals surface area contributed by atoms with E-state index in [2.05, 4.69) is 59.0 Å². The number of hydrogen-bond donors (Lipinski definition) is 1. The van der Waals surface area contributed by atoms with Gasteiger partial charge in [0.25, 0.3) is 0 Å². The highest BCUT2D eigenvalue weighted by atomic mass is 16.7. The molecule has 2 aliphatic carbocycles. The smallest absolute Gasteiger partial charge is 0.399 e. The molecule has 24 heavy (non-hydrogen) atoms. The molecule has 0 radical (unpaired) electrons. The minimum Gasteiger partial charge on any atom is -0.399 e. The number of nitrogens with one attached hydrogen (secondary N) is 1. The van der Waals surface area contributed by atoms with Crippen LogP contribution in [-0.2, 0) is 14.1 Å². The first-order chi connectivity index (χ1) is 11.1. The van der Waals surface area contributed by atoms with Gasteiger partial charge in [-0.25, -0.2) is 0 Å². The van der Waals surface area contributed by atoms with Gasteiger partial charge in [-0.15, -0.1) is 0 Å². The Morgan fingerprint density at radius 3 is 2.33 bits per heavy atom. The molecule has 1 amide bonds. The Hall–Kier alpha value is -1.07. The summed E-state index contributed by atoms with van der Waals surface area (Å²) in [6.07, 6.45) is 6.72. The Bertz CT molecular complexity index is 573. The molecule has 0 spiro atoms. The van der Waals surface area contributed by atoms with Crippen LogP contribution < -0.4 is 5.32 Å². The second-order valence-electron chi connectivity index (χ2n) is 8.63. The van der Waals surface area contributed by atoms with Crippen molar-refractivity contribution in [3.8, 4) is 0 Å². The fourth-order valence-electron chi connectivity index (χ4n) is 3.30. The molecule has 0 aromatic rings. The van der Waals surface area contributed by atoms with Crippen molar-refractivity contribution in [3.05, 3.63) is 23.2 Å². The Morgan fingerprint density at radius 1 is 1.21 bits per heavy atom. The number of rotatable bonds is 4. The number of allylic oxidation sites excluding steroid dienone is 3. The van der Waals surface area contributed by atoms with Gasteiger partial charge in [-0.1, -0.05) is 24.6 Å². The normalized spacial score (nSPS) is 31.5. The maximum atomic E-state index is 12.6. The maximum Gasteiger partial charge on any atom is 0.494 e. The van der Waals surface area contributed by atoms with Crippen LogP contribution in [0.1, 0.15) is 54.4 Å². The van der Waals surface area contributed by atoms with Crippen LogP contribution in [0.4, 0.5) is 0 Å². The third kappa shape index (κ3) is 3.34. The molecule has 2 unspecified atom stereocenters. The van der Waals surface area contributed by atoms with Crippen LogP contribution in [0.2, 0.25) is 0 Å². The average Bonchev–Trinajstić information content (AvgIpc) is 3.24. The molecular formula is C19H30BNO3. The average molecular weight is 331 g/mol. The van der Waals surface area contributed by atoms with Gasteiger partial charge in [-0.05, 0) is 64.8 Å². The lowest BCUT2D eigenvalue weighted by Crippen LogP contribution is -2.41. The van der Waals surface area contributed by atoms with E-state index in [-0.39, 0.29) is 28.9 Å². The SMILES string of the molecule is CC1=CC(C)C(C(=O)NCC2CC2)C=C1B1OC(C)(C)C(C)(C)O1. The maximum absolute atomic E-state index is 12.6. The number of carbonyl (C=O) groups excluding carboxylic acids is 1. The van der Waals surface area contributed by atoms with Gasteiger partial charge in [0.2, 0.25) is 5.91 Å². The molecule has 2 atom stereocenters. The Balaban J connectivity index is 1.77. The predicted octanol–water partition coefficient (Wildman–Crippen LogP) is 3.28. The van der Waals surface area contributed by atoms with E-state index in [4.69, 9.17) is 9.31 Å². The monoisotopic (exact) mass is 331 g/mol. The molecule has 132 valence electrons. The van der Waals surface area contributed by atoms with Crippen molar-refractivity contribution in [2.75, 3.05) is 6.54 Å². The van der Waals surface area contributed by atoms with Crippen LogP contribution in [-0.4, -0.2) is 30.8 Å². The predicted molar refractivity (Wildman–Crippen MR) is 96.3 cm³/mol. The summed E-state index contributed by atoms with van der Waals surface area (Å²) in [7, 11) is -0.405. The molecular weight excluding hydrogens is 301 g/mol. The van der Waals surface area contributed by atoms with E-state index in [1.165, 1.54) is 12.8 Å². The van der Waals surface area contributed by atoms with Crippen LogP contribution >= 0.6 is 0 Å². The number of carbonyl (C=O) groups is 1. The number of hydrogen-bond acceptors (Lipinski definition) is 3. The highest BCUT2D eigenvalue weighted by Crippen LogP contribution is 2.41. The zero-order valence-corrected chi connectivity index (χ0v) is 15.8. The number of amides is 1. The minimum atomic E-state index is -0.405. The lowest BCUT2D eigenvalue weighted by atomic mass is 9.68. The highest BCUT2D eigenvalue weighted by molar-refractivity contribution is 6.56. The zero-order chi connectivity index (χ0) is 17.7. The summed E-state index contributed by atoms with van der Waals surface area (Å²) >= 11 is 0. The molecule has 2 fully saturated rings. The van der Waals surface area contributed by atoms with Crippen LogP contribution in [0, 0.1) is 17.8 Å². The summed E-state index contributed by atoms with van der Waals surface area (Å²) in [5.41, 5.74) is 1.41. The summed E-state index contributed by atoms with van der Waals surface area (Å²) in [4.78, 5) is 12.6. The van der Waals surface area contributed by atoms with Gasteiger partial charge in [0, 0.05) is 6.54 Å². The van der Waals surface area contributed by atoms with E-state index < -0.39 is 7.12 Å². The van der Waals surface area contributed by atoms with E-state index in [0.29, 0.717) is 5.92 Å². The quantitative estimate of drug-likeness (QED) is 0.804. The molecule has 1 saturated heterocycles. The van der Waals surface area contributed by atoms with Crippen molar-refractivity contribution >= 4 is 13.0 Å². The third-order valence-corrected chi connectivity index (χ3v) is 5.97. The molecule has 0 aromatic carbocycles. The topological polar surface area (TPSA) is 47.6 Å². The van der Waals surface area contributed by atoms with E-state index in [1.807, 2.05) is 0 Å². The molecule has 1 saturated carbocycles. The van der Waals surface area contributed by atoms with Crippen molar-refractivity contribution in [3.63, 3.8) is 0 Å². The van der Waals surface area contributed by atoms with Crippen molar-refractivity contribution in [2.24, 2.45) is 17.8 Å². The summed E-state index contributed by atoms with van der Waals surface area (Å²) in [6.45, 7) is 13.2. The molecule has 4 nitrogen and oxygen atoms in total. The Kier molecular flexibility index (Phi) is 4.46. The fourth-order valence-corrected chi connectivity index (χ4v) is 3.30. The Labute approximate surface area is 146 Å². The van der Waals surface area contributed by atoms with E-state index in [0.717, 1.165) is 17.6 Å². The lowest BCUT2D eigenvalue weighted by Gasteiger charge is -2.32. The van der Waals surface area contributed by atoms with Gasteiger partial charge >= 0.3 is 7.12 Å². The largest absolute Gasteiger partial charge is 0.494 e. The second kappa shape index (κ2) is 6.03. The standard InChI is InChI=1S/C19H30BNO3/c1-12-9-13(2)16(20-23-18(3,4)19(5,6)24-20)10-15(12)17(22)21-11-14-7-8-14/h9-10,12,14-15H,7-8,11H2,1-6H3,(H,21,22). The summed E-state index contributed by atoms with van der Waals surface area (Å²) in [6, 6.07) is 0. The van der Waals surface area contributed by atoms with Crippen molar-refractivity contribution in [2.45, 2.75) is 65.6 Å². The van der Waals surface area contributed by atoms with E-state index in [9.17, 15) is 4.79 Å². The minimum absolute atomic E-state index is 0.118. The molecule has 0 aromatic heterocycles. The highest BCUT2D eigenvalue weighted by Gasteiger charge is 2.53. The van der Waals surface area contributed by atoms with Crippen LogP contribution in [0.5, 0.6) is 0 Å². The molecule has 1 aliphatic heterocycles. The molecule has 0 bridgehead atoms. The fraction of sp³-hybridized carbons (Fsp3) is 0.737. The summed E-state index contributed by atoms with van der Waals surface area (Å²) in [5, 5.41) is 3.11.